The van der Waals surface area contributed by atoms with E-state index in [1.165, 1.54) is 0 Å². The van der Waals surface area contributed by atoms with Crippen molar-refractivity contribution in [3.8, 4) is 0 Å². The van der Waals surface area contributed by atoms with Gasteiger partial charge in [0, 0.05) is 16.7 Å². The summed E-state index contributed by atoms with van der Waals surface area (Å²) >= 11 is 3.41. The molecule has 0 spiro atoms. The summed E-state index contributed by atoms with van der Waals surface area (Å²) in [6, 6.07) is 5.87. The Bertz CT molecular complexity index is 405. The number of halogens is 2. The highest BCUT2D eigenvalue weighted by molar-refractivity contribution is 9.10. The number of aryl methyl sites for hydroxylation is 1. The Labute approximate surface area is 116 Å². The third-order valence-corrected chi connectivity index (χ3v) is 3.37. The van der Waals surface area contributed by atoms with Gasteiger partial charge in [-0.25, -0.2) is 0 Å². The van der Waals surface area contributed by atoms with Crippen molar-refractivity contribution in [1.82, 2.24) is 5.32 Å². The molecule has 1 unspecified atom stereocenters. The first-order chi connectivity index (χ1) is 7.66. The molecule has 1 aromatic rings. The zero-order chi connectivity index (χ0) is 11.5. The maximum atomic E-state index is 11.9. The van der Waals surface area contributed by atoms with Crippen LogP contribution < -0.4 is 10.6 Å². The molecule has 0 aliphatic carbocycles. The summed E-state index contributed by atoms with van der Waals surface area (Å²) in [4.78, 5) is 11.9. The average molecular weight is 320 g/mol. The van der Waals surface area contributed by atoms with Gasteiger partial charge in [0.05, 0.1) is 5.92 Å². The van der Waals surface area contributed by atoms with Crippen LogP contribution in [0.25, 0.3) is 0 Å². The lowest BCUT2D eigenvalue weighted by atomic mass is 10.1. The Morgan fingerprint density at radius 1 is 1.53 bits per heavy atom. The van der Waals surface area contributed by atoms with Gasteiger partial charge in [-0.1, -0.05) is 15.9 Å². The van der Waals surface area contributed by atoms with E-state index in [4.69, 9.17) is 0 Å². The van der Waals surface area contributed by atoms with Crippen LogP contribution >= 0.6 is 28.3 Å². The first kappa shape index (κ1) is 14.5. The van der Waals surface area contributed by atoms with Crippen LogP contribution in [0.3, 0.4) is 0 Å². The minimum atomic E-state index is 0. The monoisotopic (exact) mass is 318 g/mol. The number of amides is 1. The van der Waals surface area contributed by atoms with Crippen molar-refractivity contribution in [3.63, 3.8) is 0 Å². The van der Waals surface area contributed by atoms with Gasteiger partial charge < -0.3 is 10.6 Å². The van der Waals surface area contributed by atoms with Crippen LogP contribution in [0, 0.1) is 12.8 Å². The van der Waals surface area contributed by atoms with Crippen LogP contribution in [-0.4, -0.2) is 19.0 Å². The second kappa shape index (κ2) is 6.38. The average Bonchev–Trinajstić information content (AvgIpc) is 2.75. The fourth-order valence-electron chi connectivity index (χ4n) is 1.88. The minimum Gasteiger partial charge on any atom is -0.326 e. The molecule has 1 aromatic carbocycles. The SMILES string of the molecule is Cc1cc(Br)ccc1NC(=O)C1CCNC1.Cl. The molecule has 1 heterocycles. The molecule has 1 fully saturated rings. The van der Waals surface area contributed by atoms with Crippen molar-refractivity contribution in [2.45, 2.75) is 13.3 Å². The molecular formula is C12H16BrClN2O. The van der Waals surface area contributed by atoms with E-state index < -0.39 is 0 Å². The van der Waals surface area contributed by atoms with E-state index in [0.717, 1.165) is 35.2 Å². The number of hydrogen-bond acceptors (Lipinski definition) is 2. The molecule has 17 heavy (non-hydrogen) atoms. The molecule has 1 amide bonds. The Kier molecular flexibility index (Phi) is 5.43. The molecule has 0 saturated carbocycles. The zero-order valence-electron chi connectivity index (χ0n) is 9.63. The Morgan fingerprint density at radius 3 is 2.88 bits per heavy atom. The summed E-state index contributed by atoms with van der Waals surface area (Å²) < 4.78 is 1.03. The fourth-order valence-corrected chi connectivity index (χ4v) is 2.36. The Hall–Kier alpha value is -0.580. The molecular weight excluding hydrogens is 304 g/mol. The molecule has 94 valence electrons. The number of nitrogens with one attached hydrogen (secondary N) is 2. The van der Waals surface area contributed by atoms with E-state index in [9.17, 15) is 4.79 Å². The van der Waals surface area contributed by atoms with Crippen molar-refractivity contribution in [3.05, 3.63) is 28.2 Å². The van der Waals surface area contributed by atoms with Gasteiger partial charge in [0.2, 0.25) is 5.91 Å². The van der Waals surface area contributed by atoms with Gasteiger partial charge in [-0.05, 0) is 43.7 Å². The van der Waals surface area contributed by atoms with Gasteiger partial charge in [0.1, 0.15) is 0 Å². The van der Waals surface area contributed by atoms with E-state index in [1.807, 2.05) is 25.1 Å². The van der Waals surface area contributed by atoms with Crippen molar-refractivity contribution in [2.24, 2.45) is 5.92 Å². The highest BCUT2D eigenvalue weighted by atomic mass is 79.9. The molecule has 1 saturated heterocycles. The lowest BCUT2D eigenvalue weighted by Gasteiger charge is -2.12. The van der Waals surface area contributed by atoms with E-state index >= 15 is 0 Å². The van der Waals surface area contributed by atoms with Crippen LogP contribution in [-0.2, 0) is 4.79 Å². The number of benzene rings is 1. The molecule has 5 heteroatoms. The van der Waals surface area contributed by atoms with Crippen LogP contribution in [0.2, 0.25) is 0 Å². The highest BCUT2D eigenvalue weighted by Crippen LogP contribution is 2.21. The number of rotatable bonds is 2. The number of anilines is 1. The highest BCUT2D eigenvalue weighted by Gasteiger charge is 2.22. The van der Waals surface area contributed by atoms with Gasteiger partial charge in [-0.3, -0.25) is 4.79 Å². The topological polar surface area (TPSA) is 41.1 Å². The first-order valence-corrected chi connectivity index (χ1v) is 6.24. The summed E-state index contributed by atoms with van der Waals surface area (Å²) in [5, 5.41) is 6.17. The molecule has 3 nitrogen and oxygen atoms in total. The lowest BCUT2D eigenvalue weighted by molar-refractivity contribution is -0.119. The molecule has 0 bridgehead atoms. The number of carbonyl (C=O) groups is 1. The van der Waals surface area contributed by atoms with Gasteiger partial charge in [-0.2, -0.15) is 0 Å². The van der Waals surface area contributed by atoms with E-state index in [-0.39, 0.29) is 24.2 Å². The summed E-state index contributed by atoms with van der Waals surface area (Å²) in [6.07, 6.45) is 0.932. The second-order valence-corrected chi connectivity index (χ2v) is 5.05. The van der Waals surface area contributed by atoms with Crippen molar-refractivity contribution < 1.29 is 4.79 Å². The largest absolute Gasteiger partial charge is 0.326 e. The predicted octanol–water partition coefficient (Wildman–Crippen LogP) is 2.73. The third kappa shape index (κ3) is 3.69. The van der Waals surface area contributed by atoms with Crippen LogP contribution in [0.5, 0.6) is 0 Å². The lowest BCUT2D eigenvalue weighted by Crippen LogP contribution is -2.24. The molecule has 1 atom stereocenters. The maximum Gasteiger partial charge on any atom is 0.228 e. The Balaban J connectivity index is 0.00000144. The summed E-state index contributed by atoms with van der Waals surface area (Å²) in [6.45, 7) is 3.73. The summed E-state index contributed by atoms with van der Waals surface area (Å²) in [5.41, 5.74) is 1.98. The number of carbonyl (C=O) groups excluding carboxylic acids is 1. The predicted molar refractivity (Wildman–Crippen MR) is 75.7 cm³/mol. The van der Waals surface area contributed by atoms with E-state index in [0.29, 0.717) is 0 Å². The van der Waals surface area contributed by atoms with Gasteiger partial charge >= 0.3 is 0 Å². The summed E-state index contributed by atoms with van der Waals surface area (Å²) in [7, 11) is 0. The quantitative estimate of drug-likeness (QED) is 0.880. The molecule has 1 aliphatic heterocycles. The van der Waals surface area contributed by atoms with Gasteiger partial charge in [0.25, 0.3) is 0 Å². The smallest absolute Gasteiger partial charge is 0.228 e. The standard InChI is InChI=1S/C12H15BrN2O.ClH/c1-8-6-10(13)2-3-11(8)15-12(16)9-4-5-14-7-9;/h2-3,6,9,14H,4-5,7H2,1H3,(H,15,16);1H. The molecule has 0 radical (unpaired) electrons. The Morgan fingerprint density at radius 2 is 2.29 bits per heavy atom. The van der Waals surface area contributed by atoms with Crippen molar-refractivity contribution >= 4 is 39.9 Å². The molecule has 0 aromatic heterocycles. The van der Waals surface area contributed by atoms with Crippen LogP contribution in [0.4, 0.5) is 5.69 Å². The third-order valence-electron chi connectivity index (χ3n) is 2.88. The summed E-state index contributed by atoms with van der Waals surface area (Å²) in [5.74, 6) is 0.235. The normalized spacial score (nSPS) is 18.6. The fraction of sp³-hybridized carbons (Fsp3) is 0.417. The molecule has 1 aliphatic rings. The zero-order valence-corrected chi connectivity index (χ0v) is 12.0. The van der Waals surface area contributed by atoms with Crippen molar-refractivity contribution in [1.29, 1.82) is 0 Å². The van der Waals surface area contributed by atoms with Crippen LogP contribution in [0.1, 0.15) is 12.0 Å². The molecule has 2 N–H and O–H groups in total. The second-order valence-electron chi connectivity index (χ2n) is 4.14. The van der Waals surface area contributed by atoms with Gasteiger partial charge in [0.15, 0.2) is 0 Å². The van der Waals surface area contributed by atoms with Crippen molar-refractivity contribution in [2.75, 3.05) is 18.4 Å². The molecule has 2 rings (SSSR count). The minimum absolute atomic E-state index is 0. The van der Waals surface area contributed by atoms with Gasteiger partial charge in [-0.15, -0.1) is 12.4 Å². The number of hydrogen-bond donors (Lipinski definition) is 2. The maximum absolute atomic E-state index is 11.9. The first-order valence-electron chi connectivity index (χ1n) is 5.44. The van der Waals surface area contributed by atoms with E-state index in [2.05, 4.69) is 26.6 Å². The van der Waals surface area contributed by atoms with Crippen LogP contribution in [0.15, 0.2) is 22.7 Å². The van der Waals surface area contributed by atoms with E-state index in [1.54, 1.807) is 0 Å².